The molecule has 3 amide bonds. The van der Waals surface area contributed by atoms with E-state index in [1.165, 1.54) is 13.2 Å². The van der Waals surface area contributed by atoms with Crippen molar-refractivity contribution in [3.63, 3.8) is 0 Å². The number of methoxy groups -OCH3 is 2. The van der Waals surface area contributed by atoms with E-state index in [4.69, 9.17) is 18.9 Å². The van der Waals surface area contributed by atoms with Crippen LogP contribution in [0.15, 0.2) is 29.3 Å². The first-order valence-corrected chi connectivity index (χ1v) is 10.9. The second-order valence-electron chi connectivity index (χ2n) is 9.22. The van der Waals surface area contributed by atoms with Crippen LogP contribution in [0.3, 0.4) is 0 Å². The maximum absolute atomic E-state index is 12.1. The number of hydrogen-bond acceptors (Lipinski definition) is 8. The van der Waals surface area contributed by atoms with Crippen LogP contribution in [0.2, 0.25) is 0 Å². The summed E-state index contributed by atoms with van der Waals surface area (Å²) in [5, 5.41) is 7.41. The number of carbonyl (C=O) groups excluding carboxylic acids is 3. The van der Waals surface area contributed by atoms with E-state index in [9.17, 15) is 14.4 Å². The van der Waals surface area contributed by atoms with Crippen molar-refractivity contribution in [2.24, 2.45) is 4.99 Å². The standard InChI is InChI=1S/C24H36N4O7/c1-23(2,3)34-21(30)27-20(28-22(31)35-24(4,5)6)26-14-13-25-19(29)12-10-16-9-11-17(32-7)18(15-16)33-8/h9-12,15H,13-14H2,1-8H3,(H,25,29)(H2,26,27,28,30,31)/b12-10+. The highest BCUT2D eigenvalue weighted by atomic mass is 16.6. The predicted molar refractivity (Wildman–Crippen MR) is 133 cm³/mol. The fourth-order valence-electron chi connectivity index (χ4n) is 2.44. The van der Waals surface area contributed by atoms with Crippen molar-refractivity contribution in [2.45, 2.75) is 52.7 Å². The average Bonchev–Trinajstić information content (AvgIpc) is 2.72. The number of carbonyl (C=O) groups is 3. The first-order valence-electron chi connectivity index (χ1n) is 10.9. The zero-order valence-corrected chi connectivity index (χ0v) is 21.6. The monoisotopic (exact) mass is 492 g/mol. The molecule has 0 aliphatic carbocycles. The van der Waals surface area contributed by atoms with Crippen LogP contribution in [0.5, 0.6) is 11.5 Å². The molecule has 3 N–H and O–H groups in total. The number of hydrogen-bond donors (Lipinski definition) is 3. The number of ether oxygens (including phenoxy) is 4. The fraction of sp³-hybridized carbons (Fsp3) is 0.500. The van der Waals surface area contributed by atoms with E-state index in [-0.39, 0.29) is 25.0 Å². The van der Waals surface area contributed by atoms with Gasteiger partial charge in [-0.1, -0.05) is 6.07 Å². The third kappa shape index (κ3) is 12.9. The van der Waals surface area contributed by atoms with Gasteiger partial charge < -0.3 is 24.3 Å². The lowest BCUT2D eigenvalue weighted by Gasteiger charge is -2.22. The lowest BCUT2D eigenvalue weighted by atomic mass is 10.2. The van der Waals surface area contributed by atoms with E-state index >= 15 is 0 Å². The summed E-state index contributed by atoms with van der Waals surface area (Å²) in [6.45, 7) is 10.4. The summed E-state index contributed by atoms with van der Waals surface area (Å²) >= 11 is 0. The largest absolute Gasteiger partial charge is 0.493 e. The Morgan fingerprint density at radius 1 is 0.886 bits per heavy atom. The molecule has 0 heterocycles. The molecule has 1 rings (SSSR count). The van der Waals surface area contributed by atoms with Gasteiger partial charge >= 0.3 is 12.2 Å². The van der Waals surface area contributed by atoms with Gasteiger partial charge in [0.2, 0.25) is 11.9 Å². The third-order valence-corrected chi connectivity index (χ3v) is 3.75. The van der Waals surface area contributed by atoms with Gasteiger partial charge in [0.25, 0.3) is 0 Å². The third-order valence-electron chi connectivity index (χ3n) is 3.75. The van der Waals surface area contributed by atoms with Crippen LogP contribution in [0, 0.1) is 0 Å². The zero-order chi connectivity index (χ0) is 26.6. The summed E-state index contributed by atoms with van der Waals surface area (Å²) in [7, 11) is 3.07. The van der Waals surface area contributed by atoms with E-state index < -0.39 is 23.4 Å². The predicted octanol–water partition coefficient (Wildman–Crippen LogP) is 3.24. The Kier molecular flexibility index (Phi) is 11.0. The minimum Gasteiger partial charge on any atom is -0.493 e. The molecule has 0 fully saturated rings. The molecule has 0 bridgehead atoms. The Hall–Kier alpha value is -3.76. The van der Waals surface area contributed by atoms with Crippen LogP contribution >= 0.6 is 0 Å². The highest BCUT2D eigenvalue weighted by Gasteiger charge is 2.21. The number of alkyl carbamates (subject to hydrolysis) is 2. The highest BCUT2D eigenvalue weighted by molar-refractivity contribution is 6.01. The van der Waals surface area contributed by atoms with E-state index in [1.54, 1.807) is 72.9 Å². The molecule has 1 aromatic rings. The van der Waals surface area contributed by atoms with Gasteiger partial charge in [-0.2, -0.15) is 0 Å². The molecule has 0 saturated carbocycles. The second kappa shape index (κ2) is 13.2. The van der Waals surface area contributed by atoms with Gasteiger partial charge in [0.05, 0.1) is 20.8 Å². The molecular formula is C24H36N4O7. The van der Waals surface area contributed by atoms with Crippen LogP contribution < -0.4 is 25.4 Å². The van der Waals surface area contributed by atoms with Crippen molar-refractivity contribution in [1.29, 1.82) is 0 Å². The minimum absolute atomic E-state index is 0.0663. The summed E-state index contributed by atoms with van der Waals surface area (Å²) in [6.07, 6.45) is 1.40. The van der Waals surface area contributed by atoms with Gasteiger partial charge in [0, 0.05) is 12.6 Å². The Morgan fingerprint density at radius 2 is 1.43 bits per heavy atom. The van der Waals surface area contributed by atoms with Crippen LogP contribution in [0.1, 0.15) is 47.1 Å². The lowest BCUT2D eigenvalue weighted by molar-refractivity contribution is -0.116. The molecule has 1 aromatic carbocycles. The molecule has 0 aromatic heterocycles. The Morgan fingerprint density at radius 3 is 1.91 bits per heavy atom. The van der Waals surface area contributed by atoms with Gasteiger partial charge in [-0.15, -0.1) is 0 Å². The van der Waals surface area contributed by atoms with E-state index in [2.05, 4.69) is 20.9 Å². The first kappa shape index (κ1) is 29.3. The molecule has 0 aliphatic heterocycles. The van der Waals surface area contributed by atoms with Crippen molar-refractivity contribution in [1.82, 2.24) is 16.0 Å². The molecule has 0 aliphatic rings. The molecule has 11 heteroatoms. The van der Waals surface area contributed by atoms with Gasteiger partial charge in [-0.3, -0.25) is 20.4 Å². The van der Waals surface area contributed by atoms with Crippen molar-refractivity contribution in [3.8, 4) is 11.5 Å². The number of rotatable bonds is 7. The van der Waals surface area contributed by atoms with Gasteiger partial charge in [0.15, 0.2) is 11.5 Å². The van der Waals surface area contributed by atoms with Crippen LogP contribution in [-0.2, 0) is 14.3 Å². The zero-order valence-electron chi connectivity index (χ0n) is 21.6. The molecular weight excluding hydrogens is 456 g/mol. The maximum Gasteiger partial charge on any atom is 0.414 e. The number of guanidine groups is 1. The smallest absolute Gasteiger partial charge is 0.414 e. The number of nitrogens with one attached hydrogen (secondary N) is 3. The first-order chi connectivity index (χ1) is 16.2. The van der Waals surface area contributed by atoms with Crippen molar-refractivity contribution in [3.05, 3.63) is 29.8 Å². The van der Waals surface area contributed by atoms with Crippen molar-refractivity contribution in [2.75, 3.05) is 27.3 Å². The van der Waals surface area contributed by atoms with Crippen LogP contribution in [-0.4, -0.2) is 62.6 Å². The van der Waals surface area contributed by atoms with Crippen molar-refractivity contribution < 1.29 is 33.3 Å². The summed E-state index contributed by atoms with van der Waals surface area (Å²) in [6, 6.07) is 5.26. The number of aliphatic imine (C=N–C) groups is 1. The Bertz CT molecular complexity index is 912. The van der Waals surface area contributed by atoms with Gasteiger partial charge in [-0.25, -0.2) is 9.59 Å². The highest BCUT2D eigenvalue weighted by Crippen LogP contribution is 2.27. The summed E-state index contributed by atoms with van der Waals surface area (Å²) in [5.74, 6) is 0.620. The molecule has 194 valence electrons. The number of benzene rings is 1. The van der Waals surface area contributed by atoms with E-state index in [1.807, 2.05) is 0 Å². The average molecular weight is 493 g/mol. The molecule has 35 heavy (non-hydrogen) atoms. The molecule has 0 radical (unpaired) electrons. The summed E-state index contributed by atoms with van der Waals surface area (Å²) in [4.78, 5) is 40.4. The molecule has 0 atom stereocenters. The Balaban J connectivity index is 2.71. The van der Waals surface area contributed by atoms with Gasteiger partial charge in [-0.05, 0) is 65.3 Å². The normalized spacial score (nSPS) is 11.3. The van der Waals surface area contributed by atoms with Crippen LogP contribution in [0.4, 0.5) is 9.59 Å². The number of amides is 3. The number of nitrogens with zero attached hydrogens (tertiary/aromatic N) is 1. The van der Waals surface area contributed by atoms with Crippen LogP contribution in [0.25, 0.3) is 6.08 Å². The molecule has 0 spiro atoms. The summed E-state index contributed by atoms with van der Waals surface area (Å²) < 4.78 is 20.8. The minimum atomic E-state index is -0.797. The SMILES string of the molecule is COc1ccc(/C=C/C(=O)NCCN=C(NC(=O)OC(C)(C)C)NC(=O)OC(C)(C)C)cc1OC. The van der Waals surface area contributed by atoms with E-state index in [0.717, 1.165) is 5.56 Å². The maximum atomic E-state index is 12.1. The fourth-order valence-corrected chi connectivity index (χ4v) is 2.44. The Labute approximate surface area is 206 Å². The van der Waals surface area contributed by atoms with Gasteiger partial charge in [0.1, 0.15) is 11.2 Å². The molecule has 0 saturated heterocycles. The topological polar surface area (TPSA) is 137 Å². The molecule has 11 nitrogen and oxygen atoms in total. The van der Waals surface area contributed by atoms with Crippen molar-refractivity contribution >= 4 is 30.1 Å². The summed E-state index contributed by atoms with van der Waals surface area (Å²) in [5.41, 5.74) is -0.730. The molecule has 0 unspecified atom stereocenters. The lowest BCUT2D eigenvalue weighted by Crippen LogP contribution is -2.47. The second-order valence-corrected chi connectivity index (χ2v) is 9.22. The quantitative estimate of drug-likeness (QED) is 0.230. The van der Waals surface area contributed by atoms with E-state index in [0.29, 0.717) is 11.5 Å².